The van der Waals surface area contributed by atoms with E-state index in [2.05, 4.69) is 14.9 Å². The third kappa shape index (κ3) is 4.58. The Bertz CT molecular complexity index is 905. The second kappa shape index (κ2) is 9.07. The summed E-state index contributed by atoms with van der Waals surface area (Å²) in [5.41, 5.74) is 1.94. The summed E-state index contributed by atoms with van der Waals surface area (Å²) in [5.74, 6) is 2.29. The summed E-state index contributed by atoms with van der Waals surface area (Å²) in [7, 11) is 1.63. The van der Waals surface area contributed by atoms with Gasteiger partial charge in [0, 0.05) is 6.42 Å². The van der Waals surface area contributed by atoms with E-state index >= 15 is 0 Å². The highest BCUT2D eigenvalue weighted by Crippen LogP contribution is 2.26. The number of methoxy groups -OCH3 is 1. The second-order valence-corrected chi connectivity index (χ2v) is 6.19. The lowest BCUT2D eigenvalue weighted by Crippen LogP contribution is -2.24. The molecule has 3 aromatic rings. The summed E-state index contributed by atoms with van der Waals surface area (Å²) in [6.07, 6.45) is 1.35. The van der Waals surface area contributed by atoms with Crippen LogP contribution in [0.25, 0.3) is 11.0 Å². The van der Waals surface area contributed by atoms with E-state index in [0.29, 0.717) is 37.6 Å². The van der Waals surface area contributed by atoms with Crippen molar-refractivity contribution < 1.29 is 14.3 Å². The molecule has 1 amide bonds. The molecule has 0 saturated heterocycles. The first-order chi connectivity index (χ1) is 13.2. The van der Waals surface area contributed by atoms with Gasteiger partial charge in [0.2, 0.25) is 5.91 Å². The molecular weight excluding hydrogens is 342 g/mol. The van der Waals surface area contributed by atoms with Gasteiger partial charge in [0.1, 0.15) is 12.4 Å². The first-order valence-electron chi connectivity index (χ1n) is 9.19. The van der Waals surface area contributed by atoms with Crippen molar-refractivity contribution in [3.63, 3.8) is 0 Å². The van der Waals surface area contributed by atoms with Crippen LogP contribution in [0.4, 0.5) is 0 Å². The summed E-state index contributed by atoms with van der Waals surface area (Å²) in [6, 6.07) is 15.5. The second-order valence-electron chi connectivity index (χ2n) is 6.19. The van der Waals surface area contributed by atoms with Gasteiger partial charge in [-0.2, -0.15) is 0 Å². The number of imidazole rings is 1. The number of hydrogen-bond acceptors (Lipinski definition) is 4. The van der Waals surface area contributed by atoms with Crippen LogP contribution in [0, 0.1) is 0 Å². The van der Waals surface area contributed by atoms with Crippen LogP contribution < -0.4 is 14.8 Å². The Morgan fingerprint density at radius 2 is 1.85 bits per heavy atom. The van der Waals surface area contributed by atoms with Gasteiger partial charge in [-0.05, 0) is 30.7 Å². The Balaban J connectivity index is 1.73. The third-order valence-electron chi connectivity index (χ3n) is 4.30. The van der Waals surface area contributed by atoms with E-state index in [1.54, 1.807) is 7.11 Å². The Morgan fingerprint density at radius 1 is 1.11 bits per heavy atom. The standard InChI is InChI=1S/C21H25N3O3/c1-3-8-21(25)22-15-20-23-16-9-4-5-10-17(16)24(20)13-14-27-19-12-7-6-11-18(19)26-2/h4-7,9-12H,3,8,13-15H2,1-2H3,(H,22,25). The molecule has 0 aliphatic heterocycles. The van der Waals surface area contributed by atoms with Crippen molar-refractivity contribution in [3.8, 4) is 11.5 Å². The number of para-hydroxylation sites is 4. The molecule has 0 spiro atoms. The zero-order valence-electron chi connectivity index (χ0n) is 15.8. The monoisotopic (exact) mass is 367 g/mol. The SMILES string of the molecule is CCCC(=O)NCc1nc2ccccc2n1CCOc1ccccc1OC. The summed E-state index contributed by atoms with van der Waals surface area (Å²) in [4.78, 5) is 16.5. The molecule has 6 heteroatoms. The number of fused-ring (bicyclic) bond motifs is 1. The number of nitrogens with zero attached hydrogens (tertiary/aromatic N) is 2. The molecule has 0 unspecified atom stereocenters. The van der Waals surface area contributed by atoms with Gasteiger partial charge < -0.3 is 19.4 Å². The quantitative estimate of drug-likeness (QED) is 0.628. The van der Waals surface area contributed by atoms with Gasteiger partial charge in [-0.15, -0.1) is 0 Å². The predicted octanol–water partition coefficient (Wildman–Crippen LogP) is 3.54. The van der Waals surface area contributed by atoms with Crippen LogP contribution in [-0.2, 0) is 17.9 Å². The van der Waals surface area contributed by atoms with Crippen molar-refractivity contribution in [1.82, 2.24) is 14.9 Å². The van der Waals surface area contributed by atoms with Gasteiger partial charge in [0.05, 0.1) is 31.2 Å². The van der Waals surface area contributed by atoms with Gasteiger partial charge in [0.25, 0.3) is 0 Å². The smallest absolute Gasteiger partial charge is 0.220 e. The minimum absolute atomic E-state index is 0.0429. The lowest BCUT2D eigenvalue weighted by Gasteiger charge is -2.13. The molecule has 142 valence electrons. The van der Waals surface area contributed by atoms with E-state index < -0.39 is 0 Å². The van der Waals surface area contributed by atoms with E-state index in [0.717, 1.165) is 23.3 Å². The van der Waals surface area contributed by atoms with Crippen LogP contribution in [0.5, 0.6) is 11.5 Å². The Labute approximate surface area is 159 Å². The molecule has 0 saturated carbocycles. The van der Waals surface area contributed by atoms with E-state index in [1.807, 2.05) is 55.5 Å². The maximum absolute atomic E-state index is 11.8. The summed E-state index contributed by atoms with van der Waals surface area (Å²) < 4.78 is 13.3. The van der Waals surface area contributed by atoms with Crippen LogP contribution in [0.1, 0.15) is 25.6 Å². The zero-order valence-corrected chi connectivity index (χ0v) is 15.8. The summed E-state index contributed by atoms with van der Waals surface area (Å²) >= 11 is 0. The summed E-state index contributed by atoms with van der Waals surface area (Å²) in [5, 5.41) is 2.94. The Morgan fingerprint density at radius 3 is 2.63 bits per heavy atom. The molecule has 3 rings (SSSR count). The normalized spacial score (nSPS) is 10.7. The largest absolute Gasteiger partial charge is 0.493 e. The van der Waals surface area contributed by atoms with Crippen LogP contribution in [0.15, 0.2) is 48.5 Å². The molecule has 0 fully saturated rings. The fraction of sp³-hybridized carbons (Fsp3) is 0.333. The minimum Gasteiger partial charge on any atom is -0.493 e. The molecule has 2 aromatic carbocycles. The molecule has 6 nitrogen and oxygen atoms in total. The van der Waals surface area contributed by atoms with Gasteiger partial charge in [-0.1, -0.05) is 31.2 Å². The van der Waals surface area contributed by atoms with Gasteiger partial charge >= 0.3 is 0 Å². The van der Waals surface area contributed by atoms with Crippen LogP contribution in [0.2, 0.25) is 0 Å². The number of rotatable bonds is 9. The molecule has 1 aromatic heterocycles. The third-order valence-corrected chi connectivity index (χ3v) is 4.30. The molecule has 27 heavy (non-hydrogen) atoms. The topological polar surface area (TPSA) is 65.4 Å². The highest BCUT2D eigenvalue weighted by atomic mass is 16.5. The fourth-order valence-electron chi connectivity index (χ4n) is 2.99. The zero-order chi connectivity index (χ0) is 19.1. The number of ether oxygens (including phenoxy) is 2. The van der Waals surface area contributed by atoms with Crippen molar-refractivity contribution in [2.45, 2.75) is 32.9 Å². The van der Waals surface area contributed by atoms with Crippen LogP contribution in [0.3, 0.4) is 0 Å². The van der Waals surface area contributed by atoms with E-state index in [9.17, 15) is 4.79 Å². The average Bonchev–Trinajstić information content (AvgIpc) is 3.05. The summed E-state index contributed by atoms with van der Waals surface area (Å²) in [6.45, 7) is 3.49. The minimum atomic E-state index is 0.0429. The van der Waals surface area contributed by atoms with E-state index in [1.165, 1.54) is 0 Å². The Kier molecular flexibility index (Phi) is 6.30. The number of carbonyl (C=O) groups is 1. The van der Waals surface area contributed by atoms with Gasteiger partial charge in [0.15, 0.2) is 11.5 Å². The number of amides is 1. The van der Waals surface area contributed by atoms with E-state index in [4.69, 9.17) is 9.47 Å². The molecule has 0 aliphatic carbocycles. The van der Waals surface area contributed by atoms with Crippen molar-refractivity contribution in [3.05, 3.63) is 54.4 Å². The number of hydrogen-bond donors (Lipinski definition) is 1. The number of nitrogens with one attached hydrogen (secondary N) is 1. The maximum Gasteiger partial charge on any atom is 0.220 e. The molecule has 0 radical (unpaired) electrons. The maximum atomic E-state index is 11.8. The molecule has 1 N–H and O–H groups in total. The van der Waals surface area contributed by atoms with Gasteiger partial charge in [-0.3, -0.25) is 4.79 Å². The van der Waals surface area contributed by atoms with Gasteiger partial charge in [-0.25, -0.2) is 4.98 Å². The predicted molar refractivity (Wildman–Crippen MR) is 105 cm³/mol. The molecule has 0 bridgehead atoms. The molecule has 0 aliphatic rings. The Hall–Kier alpha value is -3.02. The van der Waals surface area contributed by atoms with Crippen molar-refractivity contribution in [2.75, 3.05) is 13.7 Å². The van der Waals surface area contributed by atoms with Crippen molar-refractivity contribution in [2.24, 2.45) is 0 Å². The first-order valence-corrected chi connectivity index (χ1v) is 9.19. The highest BCUT2D eigenvalue weighted by molar-refractivity contribution is 5.77. The molecular formula is C21H25N3O3. The average molecular weight is 367 g/mol. The van der Waals surface area contributed by atoms with E-state index in [-0.39, 0.29) is 5.91 Å². The molecule has 0 atom stereocenters. The van der Waals surface area contributed by atoms with Crippen molar-refractivity contribution >= 4 is 16.9 Å². The lowest BCUT2D eigenvalue weighted by molar-refractivity contribution is -0.121. The first kappa shape index (κ1) is 18.8. The van der Waals surface area contributed by atoms with Crippen molar-refractivity contribution in [1.29, 1.82) is 0 Å². The number of aromatic nitrogens is 2. The number of benzene rings is 2. The highest BCUT2D eigenvalue weighted by Gasteiger charge is 2.12. The molecule has 1 heterocycles. The number of carbonyl (C=O) groups excluding carboxylic acids is 1. The fourth-order valence-corrected chi connectivity index (χ4v) is 2.99. The van der Waals surface area contributed by atoms with Crippen LogP contribution >= 0.6 is 0 Å². The lowest BCUT2D eigenvalue weighted by atomic mass is 10.3. The van der Waals surface area contributed by atoms with Crippen LogP contribution in [-0.4, -0.2) is 29.2 Å².